The SMILES string of the molecule is CCOc1ccc(NC(=O)[C@@H]2[C@H]3C(=O)N([C@H](CO)c4ccccc4)C(C(=O)Nc4ccc(Cl)cc4)C34CC[C@H]2O4)cc1. The Balaban J connectivity index is 1.35. The van der Waals surface area contributed by atoms with Crippen LogP contribution in [-0.2, 0) is 19.1 Å². The second-order valence-corrected chi connectivity index (χ2v) is 11.3. The van der Waals surface area contributed by atoms with Gasteiger partial charge in [-0.25, -0.2) is 0 Å². The van der Waals surface area contributed by atoms with Gasteiger partial charge in [-0.05, 0) is 73.9 Å². The number of anilines is 2. The van der Waals surface area contributed by atoms with E-state index in [9.17, 15) is 19.5 Å². The Hall–Kier alpha value is -3.92. The maximum absolute atomic E-state index is 14.4. The van der Waals surface area contributed by atoms with E-state index in [0.717, 1.165) is 0 Å². The molecule has 6 rings (SSSR count). The molecule has 2 unspecified atom stereocenters. The average molecular weight is 590 g/mol. The number of carbonyl (C=O) groups excluding carboxylic acids is 3. The van der Waals surface area contributed by atoms with Gasteiger partial charge >= 0.3 is 0 Å². The highest BCUT2D eigenvalue weighted by molar-refractivity contribution is 6.30. The lowest BCUT2D eigenvalue weighted by Crippen LogP contribution is -2.54. The molecule has 0 aromatic heterocycles. The quantitative estimate of drug-likeness (QED) is 0.340. The minimum atomic E-state index is -1.22. The molecule has 42 heavy (non-hydrogen) atoms. The number of halogens is 1. The molecule has 6 atom stereocenters. The van der Waals surface area contributed by atoms with Gasteiger partial charge in [0.25, 0.3) is 0 Å². The van der Waals surface area contributed by atoms with Crippen LogP contribution in [0.5, 0.6) is 5.75 Å². The zero-order valence-electron chi connectivity index (χ0n) is 23.0. The van der Waals surface area contributed by atoms with Crippen molar-refractivity contribution in [2.45, 2.75) is 43.6 Å². The Kier molecular flexibility index (Phi) is 7.66. The first-order chi connectivity index (χ1) is 20.4. The minimum Gasteiger partial charge on any atom is -0.494 e. The second kappa shape index (κ2) is 11.4. The number of rotatable bonds is 9. The molecule has 0 saturated carbocycles. The van der Waals surface area contributed by atoms with E-state index in [1.54, 1.807) is 48.5 Å². The maximum atomic E-state index is 14.4. The molecule has 218 valence electrons. The lowest BCUT2D eigenvalue weighted by atomic mass is 9.70. The van der Waals surface area contributed by atoms with Crippen LogP contribution in [0.2, 0.25) is 5.02 Å². The molecule has 3 amide bonds. The van der Waals surface area contributed by atoms with Crippen molar-refractivity contribution in [3.05, 3.63) is 89.4 Å². The van der Waals surface area contributed by atoms with E-state index in [1.165, 1.54) is 4.90 Å². The highest BCUT2D eigenvalue weighted by Crippen LogP contribution is 2.59. The summed E-state index contributed by atoms with van der Waals surface area (Å²) >= 11 is 6.04. The molecule has 9 nitrogen and oxygen atoms in total. The molecule has 3 N–H and O–H groups in total. The lowest BCUT2D eigenvalue weighted by molar-refractivity contribution is -0.143. The van der Waals surface area contributed by atoms with E-state index in [4.69, 9.17) is 21.1 Å². The fraction of sp³-hybridized carbons (Fsp3) is 0.344. The molecule has 2 bridgehead atoms. The number of hydrogen-bond acceptors (Lipinski definition) is 6. The predicted molar refractivity (Wildman–Crippen MR) is 157 cm³/mol. The van der Waals surface area contributed by atoms with Crippen LogP contribution < -0.4 is 15.4 Å². The van der Waals surface area contributed by atoms with Crippen molar-refractivity contribution in [2.24, 2.45) is 11.8 Å². The molecule has 3 fully saturated rings. The van der Waals surface area contributed by atoms with E-state index in [2.05, 4.69) is 10.6 Å². The number of fused-ring (bicyclic) bond motifs is 1. The second-order valence-electron chi connectivity index (χ2n) is 10.9. The molecule has 0 radical (unpaired) electrons. The first-order valence-corrected chi connectivity index (χ1v) is 14.5. The number of aliphatic hydroxyl groups excluding tert-OH is 1. The van der Waals surface area contributed by atoms with E-state index >= 15 is 0 Å². The zero-order chi connectivity index (χ0) is 29.4. The molecule has 3 aromatic rings. The van der Waals surface area contributed by atoms with Gasteiger partial charge in [-0.15, -0.1) is 0 Å². The van der Waals surface area contributed by atoms with Crippen molar-refractivity contribution in [2.75, 3.05) is 23.8 Å². The number of amides is 3. The van der Waals surface area contributed by atoms with E-state index in [-0.39, 0.29) is 11.8 Å². The maximum Gasteiger partial charge on any atom is 0.250 e. The highest BCUT2D eigenvalue weighted by Gasteiger charge is 2.75. The Labute approximate surface area is 248 Å². The van der Waals surface area contributed by atoms with Gasteiger partial charge in [0.2, 0.25) is 17.7 Å². The summed E-state index contributed by atoms with van der Waals surface area (Å²) in [6, 6.07) is 20.9. The number of likely N-dealkylation sites (tertiary alicyclic amines) is 1. The number of hydrogen-bond donors (Lipinski definition) is 3. The van der Waals surface area contributed by atoms with Gasteiger partial charge < -0.3 is 30.1 Å². The molecule has 0 aliphatic carbocycles. The third kappa shape index (κ3) is 4.81. The van der Waals surface area contributed by atoms with Gasteiger partial charge in [0.15, 0.2) is 0 Å². The van der Waals surface area contributed by atoms with Gasteiger partial charge in [0.1, 0.15) is 17.4 Å². The number of aliphatic hydroxyl groups is 1. The van der Waals surface area contributed by atoms with Crippen molar-refractivity contribution in [1.82, 2.24) is 4.90 Å². The normalized spacial score (nSPS) is 26.5. The fourth-order valence-corrected chi connectivity index (χ4v) is 6.95. The summed E-state index contributed by atoms with van der Waals surface area (Å²) in [4.78, 5) is 43.6. The van der Waals surface area contributed by atoms with Crippen molar-refractivity contribution in [3.8, 4) is 5.75 Å². The van der Waals surface area contributed by atoms with Crippen molar-refractivity contribution in [1.29, 1.82) is 0 Å². The topological polar surface area (TPSA) is 117 Å². The molecule has 3 aliphatic heterocycles. The smallest absolute Gasteiger partial charge is 0.250 e. The van der Waals surface area contributed by atoms with Crippen molar-refractivity contribution >= 4 is 40.7 Å². The highest BCUT2D eigenvalue weighted by atomic mass is 35.5. The summed E-state index contributed by atoms with van der Waals surface area (Å²) < 4.78 is 12.0. The summed E-state index contributed by atoms with van der Waals surface area (Å²) in [5, 5.41) is 16.9. The summed E-state index contributed by atoms with van der Waals surface area (Å²) in [5.74, 6) is -2.19. The molecular formula is C32H32ClN3O6. The molecule has 3 saturated heterocycles. The Morgan fingerprint density at radius 2 is 1.67 bits per heavy atom. The lowest BCUT2D eigenvalue weighted by Gasteiger charge is -2.36. The van der Waals surface area contributed by atoms with Gasteiger partial charge in [0.05, 0.1) is 37.2 Å². The van der Waals surface area contributed by atoms with Crippen LogP contribution in [0.25, 0.3) is 0 Å². The first kappa shape index (κ1) is 28.2. The fourth-order valence-electron chi connectivity index (χ4n) is 6.83. The van der Waals surface area contributed by atoms with Crippen LogP contribution in [0.3, 0.4) is 0 Å². The summed E-state index contributed by atoms with van der Waals surface area (Å²) in [5.41, 5.74) is 0.534. The Bertz CT molecular complexity index is 1470. The third-order valence-corrected chi connectivity index (χ3v) is 8.78. The monoisotopic (exact) mass is 589 g/mol. The van der Waals surface area contributed by atoms with Crippen molar-refractivity contribution < 1.29 is 29.0 Å². The molecule has 3 aliphatic rings. The molecular weight excluding hydrogens is 558 g/mol. The van der Waals surface area contributed by atoms with Crippen LogP contribution in [-0.4, -0.2) is 58.7 Å². The molecule has 3 heterocycles. The van der Waals surface area contributed by atoms with Gasteiger partial charge in [-0.2, -0.15) is 0 Å². The molecule has 3 aromatic carbocycles. The van der Waals surface area contributed by atoms with Gasteiger partial charge in [0, 0.05) is 16.4 Å². The van der Waals surface area contributed by atoms with Crippen LogP contribution in [0.4, 0.5) is 11.4 Å². The van der Waals surface area contributed by atoms with Crippen LogP contribution in [0.15, 0.2) is 78.9 Å². The Morgan fingerprint density at radius 1 is 1.02 bits per heavy atom. The third-order valence-electron chi connectivity index (χ3n) is 8.53. The molecule has 1 spiro atoms. The minimum absolute atomic E-state index is 0.344. The first-order valence-electron chi connectivity index (χ1n) is 14.1. The standard InChI is InChI=1S/C32H32ClN3O6/c1-2-41-23-14-12-22(13-15-23)34-29(38)26-25-16-17-32(42-25)27(26)31(40)36(24(18-37)19-6-4-3-5-7-19)28(32)30(39)35-21-10-8-20(33)9-11-21/h3-15,24-28,37H,2,16-18H2,1H3,(H,34,38)(H,35,39)/t24-,25-,26+,27+,28?,32?/m1/s1. The summed E-state index contributed by atoms with van der Waals surface area (Å²) in [7, 11) is 0. The number of benzene rings is 3. The summed E-state index contributed by atoms with van der Waals surface area (Å²) in [6.45, 7) is 2.01. The van der Waals surface area contributed by atoms with Crippen LogP contribution >= 0.6 is 11.6 Å². The van der Waals surface area contributed by atoms with Crippen LogP contribution in [0, 0.1) is 11.8 Å². The Morgan fingerprint density at radius 3 is 2.31 bits per heavy atom. The number of ether oxygens (including phenoxy) is 2. The zero-order valence-corrected chi connectivity index (χ0v) is 23.8. The number of carbonyl (C=O) groups is 3. The largest absolute Gasteiger partial charge is 0.494 e. The molecule has 10 heteroatoms. The van der Waals surface area contributed by atoms with E-state index in [1.807, 2.05) is 37.3 Å². The number of nitrogens with one attached hydrogen (secondary N) is 2. The van der Waals surface area contributed by atoms with E-state index < -0.39 is 48.1 Å². The van der Waals surface area contributed by atoms with E-state index in [0.29, 0.717) is 47.2 Å². The van der Waals surface area contributed by atoms with Gasteiger partial charge in [-0.1, -0.05) is 41.9 Å². The van der Waals surface area contributed by atoms with Gasteiger partial charge in [-0.3, -0.25) is 14.4 Å². The predicted octanol–water partition coefficient (Wildman–Crippen LogP) is 4.42. The number of nitrogens with zero attached hydrogens (tertiary/aromatic N) is 1. The van der Waals surface area contributed by atoms with Crippen molar-refractivity contribution in [3.63, 3.8) is 0 Å². The van der Waals surface area contributed by atoms with Crippen LogP contribution in [0.1, 0.15) is 31.4 Å². The summed E-state index contributed by atoms with van der Waals surface area (Å²) in [6.07, 6.45) is 0.445. The average Bonchev–Trinajstić information content (AvgIpc) is 3.64.